The molecular weight excluding hydrogens is 414 g/mol. The molecule has 0 saturated heterocycles. The summed E-state index contributed by atoms with van der Waals surface area (Å²) < 4.78 is 16.2. The van der Waals surface area contributed by atoms with Crippen molar-refractivity contribution in [2.75, 3.05) is 19.5 Å². The predicted molar refractivity (Wildman–Crippen MR) is 122 cm³/mol. The lowest BCUT2D eigenvalue weighted by molar-refractivity contribution is 0.405. The van der Waals surface area contributed by atoms with Crippen LogP contribution in [0.3, 0.4) is 0 Å². The largest absolute Gasteiger partial charge is 0.497 e. The minimum Gasteiger partial charge on any atom is -0.497 e. The normalized spacial score (nSPS) is 11.0. The summed E-state index contributed by atoms with van der Waals surface area (Å²) in [5.74, 6) is 1.31. The van der Waals surface area contributed by atoms with E-state index in [-0.39, 0.29) is 0 Å². The maximum absolute atomic E-state index is 12.6. The fourth-order valence-electron chi connectivity index (χ4n) is 3.43. The zero-order valence-corrected chi connectivity index (χ0v) is 17.5. The summed E-state index contributed by atoms with van der Waals surface area (Å²) in [6, 6.07) is 18.9. The van der Waals surface area contributed by atoms with Gasteiger partial charge in [0.05, 0.1) is 25.5 Å². The Morgan fingerprint density at radius 1 is 0.935 bits per heavy atom. The lowest BCUT2D eigenvalue weighted by atomic mass is 10.0. The number of aromatic nitrogens is 2. The van der Waals surface area contributed by atoms with Crippen LogP contribution in [0.4, 0.5) is 10.8 Å². The van der Waals surface area contributed by atoms with Gasteiger partial charge in [-0.25, -0.2) is 4.79 Å². The van der Waals surface area contributed by atoms with Crippen LogP contribution < -0.4 is 20.4 Å². The Hall–Kier alpha value is -3.91. The third kappa shape index (κ3) is 3.47. The summed E-state index contributed by atoms with van der Waals surface area (Å²) >= 11 is 1.25. The second kappa shape index (κ2) is 7.73. The number of benzene rings is 3. The van der Waals surface area contributed by atoms with Gasteiger partial charge in [-0.2, -0.15) is 0 Å². The first kappa shape index (κ1) is 19.1. The number of nitrogens with one attached hydrogen (secondary N) is 1. The van der Waals surface area contributed by atoms with Crippen molar-refractivity contribution in [3.8, 4) is 22.1 Å². The van der Waals surface area contributed by atoms with Gasteiger partial charge in [-0.1, -0.05) is 41.7 Å². The van der Waals surface area contributed by atoms with E-state index in [1.54, 1.807) is 32.4 Å². The lowest BCUT2D eigenvalue weighted by Crippen LogP contribution is -2.02. The molecule has 0 spiro atoms. The third-order valence-electron chi connectivity index (χ3n) is 4.95. The number of rotatable bonds is 5. The Bertz CT molecular complexity index is 1480. The average molecular weight is 431 g/mol. The van der Waals surface area contributed by atoms with Gasteiger partial charge in [-0.3, -0.25) is 0 Å². The molecule has 0 fully saturated rings. The Morgan fingerprint density at radius 2 is 1.81 bits per heavy atom. The van der Waals surface area contributed by atoms with E-state index < -0.39 is 5.63 Å². The van der Waals surface area contributed by atoms with E-state index >= 15 is 0 Å². The number of ether oxygens (including phenoxy) is 2. The summed E-state index contributed by atoms with van der Waals surface area (Å²) in [4.78, 5) is 12.6. The Balaban J connectivity index is 1.56. The SMILES string of the molecule is COc1ccc(OC)c(Nc2nnc(-c3cc4c(ccc5ccccc54)oc3=O)s2)c1. The van der Waals surface area contributed by atoms with Crippen LogP contribution in [0.2, 0.25) is 0 Å². The number of methoxy groups -OCH3 is 2. The van der Waals surface area contributed by atoms with Crippen molar-refractivity contribution >= 4 is 43.9 Å². The summed E-state index contributed by atoms with van der Waals surface area (Å²) in [7, 11) is 3.18. The van der Waals surface area contributed by atoms with Gasteiger partial charge in [0.2, 0.25) is 5.13 Å². The first-order chi connectivity index (χ1) is 15.2. The molecule has 1 N–H and O–H groups in total. The molecule has 0 aliphatic heterocycles. The van der Waals surface area contributed by atoms with Crippen LogP contribution in [0.1, 0.15) is 0 Å². The summed E-state index contributed by atoms with van der Waals surface area (Å²) in [5, 5.41) is 15.5. The second-order valence-corrected chi connectivity index (χ2v) is 7.73. The minimum atomic E-state index is -0.454. The smallest absolute Gasteiger partial charge is 0.346 e. The van der Waals surface area contributed by atoms with Crippen LogP contribution in [-0.2, 0) is 0 Å². The zero-order chi connectivity index (χ0) is 21.4. The first-order valence-corrected chi connectivity index (χ1v) is 10.3. The number of fused-ring (bicyclic) bond motifs is 3. The Kier molecular flexibility index (Phi) is 4.76. The molecular formula is C23H17N3O4S. The highest BCUT2D eigenvalue weighted by molar-refractivity contribution is 7.18. The van der Waals surface area contributed by atoms with Crippen molar-refractivity contribution in [2.45, 2.75) is 0 Å². The van der Waals surface area contributed by atoms with Crippen molar-refractivity contribution in [3.05, 3.63) is 71.1 Å². The molecule has 154 valence electrons. The molecule has 3 aromatic carbocycles. The Morgan fingerprint density at radius 3 is 2.65 bits per heavy atom. The van der Waals surface area contributed by atoms with Gasteiger partial charge in [0.25, 0.3) is 0 Å². The molecule has 5 rings (SSSR count). The van der Waals surface area contributed by atoms with E-state index in [4.69, 9.17) is 13.9 Å². The molecule has 5 aromatic rings. The predicted octanol–water partition coefficient (Wildman–Crippen LogP) is 5.23. The maximum Gasteiger partial charge on any atom is 0.346 e. The van der Waals surface area contributed by atoms with E-state index in [2.05, 4.69) is 15.5 Å². The highest BCUT2D eigenvalue weighted by Crippen LogP contribution is 2.35. The fourth-order valence-corrected chi connectivity index (χ4v) is 4.19. The molecule has 0 bridgehead atoms. The quantitative estimate of drug-likeness (QED) is 0.301. The van der Waals surface area contributed by atoms with Crippen molar-refractivity contribution in [3.63, 3.8) is 0 Å². The molecule has 0 saturated carbocycles. The monoisotopic (exact) mass is 431 g/mol. The van der Waals surface area contributed by atoms with E-state index in [0.29, 0.717) is 38.5 Å². The van der Waals surface area contributed by atoms with E-state index in [0.717, 1.165) is 16.2 Å². The molecule has 0 aliphatic rings. The third-order valence-corrected chi connectivity index (χ3v) is 5.82. The molecule has 7 nitrogen and oxygen atoms in total. The minimum absolute atomic E-state index is 0.368. The van der Waals surface area contributed by atoms with Crippen LogP contribution in [0.5, 0.6) is 11.5 Å². The van der Waals surface area contributed by atoms with E-state index in [1.165, 1.54) is 11.3 Å². The van der Waals surface area contributed by atoms with Gasteiger partial charge in [0.1, 0.15) is 17.1 Å². The molecule has 0 amide bonds. The van der Waals surface area contributed by atoms with E-state index in [9.17, 15) is 4.79 Å². The fraction of sp³-hybridized carbons (Fsp3) is 0.0870. The molecule has 0 aliphatic carbocycles. The van der Waals surface area contributed by atoms with Crippen LogP contribution in [0.15, 0.2) is 69.9 Å². The van der Waals surface area contributed by atoms with Gasteiger partial charge in [0.15, 0.2) is 5.01 Å². The van der Waals surface area contributed by atoms with Crippen molar-refractivity contribution in [1.82, 2.24) is 10.2 Å². The van der Waals surface area contributed by atoms with Gasteiger partial charge in [-0.15, -0.1) is 10.2 Å². The lowest BCUT2D eigenvalue weighted by Gasteiger charge is -2.10. The molecule has 31 heavy (non-hydrogen) atoms. The zero-order valence-electron chi connectivity index (χ0n) is 16.7. The van der Waals surface area contributed by atoms with Gasteiger partial charge >= 0.3 is 5.63 Å². The maximum atomic E-state index is 12.6. The first-order valence-electron chi connectivity index (χ1n) is 9.45. The number of hydrogen-bond acceptors (Lipinski definition) is 8. The average Bonchev–Trinajstić information content (AvgIpc) is 3.26. The molecule has 0 atom stereocenters. The Labute approximate surface area is 180 Å². The van der Waals surface area contributed by atoms with Crippen LogP contribution in [0, 0.1) is 0 Å². The van der Waals surface area contributed by atoms with Crippen molar-refractivity contribution < 1.29 is 13.9 Å². The number of hydrogen-bond donors (Lipinski definition) is 1. The van der Waals surface area contributed by atoms with Crippen LogP contribution in [-0.4, -0.2) is 24.4 Å². The molecule has 2 heterocycles. The molecule has 8 heteroatoms. The standard InChI is InChI=1S/C23H17N3O4S/c1-28-14-8-10-20(29-2)18(11-14)24-23-26-25-21(31-23)17-12-16-15-6-4-3-5-13(15)7-9-19(16)30-22(17)27/h3-12H,1-2H3,(H,24,26). The number of anilines is 2. The highest BCUT2D eigenvalue weighted by atomic mass is 32.1. The topological polar surface area (TPSA) is 86.5 Å². The van der Waals surface area contributed by atoms with Crippen LogP contribution >= 0.6 is 11.3 Å². The van der Waals surface area contributed by atoms with Crippen molar-refractivity contribution in [1.29, 1.82) is 0 Å². The van der Waals surface area contributed by atoms with Gasteiger partial charge in [-0.05, 0) is 35.0 Å². The number of nitrogens with zero attached hydrogens (tertiary/aromatic N) is 2. The molecule has 0 radical (unpaired) electrons. The molecule has 0 unspecified atom stereocenters. The summed E-state index contributed by atoms with van der Waals surface area (Å²) in [6.07, 6.45) is 0. The summed E-state index contributed by atoms with van der Waals surface area (Å²) in [5.41, 5.74) is 1.13. The van der Waals surface area contributed by atoms with Gasteiger partial charge < -0.3 is 19.2 Å². The van der Waals surface area contributed by atoms with Crippen LogP contribution in [0.25, 0.3) is 32.3 Å². The van der Waals surface area contributed by atoms with Crippen molar-refractivity contribution in [2.24, 2.45) is 0 Å². The van der Waals surface area contributed by atoms with Gasteiger partial charge in [0, 0.05) is 11.5 Å². The molecule has 2 aromatic heterocycles. The second-order valence-electron chi connectivity index (χ2n) is 6.75. The van der Waals surface area contributed by atoms with E-state index in [1.807, 2.05) is 42.5 Å². The summed E-state index contributed by atoms with van der Waals surface area (Å²) in [6.45, 7) is 0. The highest BCUT2D eigenvalue weighted by Gasteiger charge is 2.16.